The van der Waals surface area contributed by atoms with Crippen molar-refractivity contribution in [3.63, 3.8) is 0 Å². The average Bonchev–Trinajstić information content (AvgIpc) is 3.56. The van der Waals surface area contributed by atoms with Gasteiger partial charge in [-0.15, -0.1) is 0 Å². The molecule has 6 aliphatic rings. The van der Waals surface area contributed by atoms with Crippen molar-refractivity contribution in [3.8, 4) is 0 Å². The summed E-state index contributed by atoms with van der Waals surface area (Å²) < 4.78 is 0. The second-order valence-corrected chi connectivity index (χ2v) is 10.5. The molecule has 7 rings (SSSR count). The SMILES string of the molecule is CC1=C[C@H]2C[C@H]1[C@@H]1C(=O)N(c3cccc(N4C(=O)[C@@H]5[C@H](C4=O)[C@H]4C=C(C)[C@H]5C4)c3)C(=O)[C@@H]12. The average molecular weight is 428 g/mol. The lowest BCUT2D eigenvalue weighted by atomic mass is 9.82. The van der Waals surface area contributed by atoms with E-state index in [1.807, 2.05) is 13.8 Å². The van der Waals surface area contributed by atoms with Crippen LogP contribution in [0.5, 0.6) is 0 Å². The van der Waals surface area contributed by atoms with E-state index in [0.29, 0.717) is 11.4 Å². The van der Waals surface area contributed by atoms with Crippen molar-refractivity contribution in [1.82, 2.24) is 0 Å². The van der Waals surface area contributed by atoms with Crippen molar-refractivity contribution in [2.24, 2.45) is 47.3 Å². The molecule has 0 N–H and O–H groups in total. The van der Waals surface area contributed by atoms with Crippen LogP contribution in [0, 0.1) is 47.3 Å². The third kappa shape index (κ3) is 2.02. The molecule has 1 aromatic carbocycles. The van der Waals surface area contributed by atoms with Gasteiger partial charge in [-0.2, -0.15) is 0 Å². The van der Waals surface area contributed by atoms with Gasteiger partial charge in [-0.25, -0.2) is 9.80 Å². The molecule has 6 heteroatoms. The van der Waals surface area contributed by atoms with Gasteiger partial charge in [0.25, 0.3) is 0 Å². The predicted octanol–water partition coefficient (Wildman–Crippen LogP) is 3.09. The quantitative estimate of drug-likeness (QED) is 0.536. The number of allylic oxidation sites excluding steroid dienone is 4. The number of carbonyl (C=O) groups excluding carboxylic acids is 4. The Balaban J connectivity index is 1.23. The summed E-state index contributed by atoms with van der Waals surface area (Å²) in [7, 11) is 0. The summed E-state index contributed by atoms with van der Waals surface area (Å²) in [5, 5.41) is 0. The number of rotatable bonds is 2. The lowest BCUT2D eigenvalue weighted by molar-refractivity contribution is -0.124. The molecule has 0 radical (unpaired) electrons. The molecule has 4 bridgehead atoms. The third-order valence-electron chi connectivity index (χ3n) is 9.11. The standard InChI is InChI=1S/C26H24N2O4/c1-11-6-13-8-17(11)21-19(13)23(29)27(25(21)31)15-4-3-5-16(10-15)28-24(30)20-14-7-12(2)18(9-14)22(20)26(28)32/h3-7,10,13-14,17-22H,8-9H2,1-2H3/t13-,14-,17+,18+,19+,20+,21-,22-/m0/s1. The van der Waals surface area contributed by atoms with Crippen LogP contribution in [0.3, 0.4) is 0 Å². The summed E-state index contributed by atoms with van der Waals surface area (Å²) in [6.07, 6.45) is 6.09. The molecule has 2 saturated heterocycles. The Kier molecular flexibility index (Phi) is 3.39. The van der Waals surface area contributed by atoms with E-state index in [-0.39, 0.29) is 71.0 Å². The van der Waals surface area contributed by atoms with Crippen LogP contribution in [0.4, 0.5) is 11.4 Å². The van der Waals surface area contributed by atoms with Gasteiger partial charge < -0.3 is 0 Å². The fourth-order valence-corrected chi connectivity index (χ4v) is 7.83. The Hall–Kier alpha value is -3.02. The maximum Gasteiger partial charge on any atom is 0.238 e. The summed E-state index contributed by atoms with van der Waals surface area (Å²) >= 11 is 0. The largest absolute Gasteiger partial charge is 0.274 e. The molecule has 4 aliphatic carbocycles. The van der Waals surface area contributed by atoms with Crippen LogP contribution in [0.2, 0.25) is 0 Å². The van der Waals surface area contributed by atoms with E-state index in [0.717, 1.165) is 12.8 Å². The zero-order chi connectivity index (χ0) is 22.0. The summed E-state index contributed by atoms with van der Waals surface area (Å²) in [4.78, 5) is 55.7. The zero-order valence-electron chi connectivity index (χ0n) is 18.0. The minimum atomic E-state index is -0.279. The summed E-state index contributed by atoms with van der Waals surface area (Å²) in [6.45, 7) is 4.10. The number of carbonyl (C=O) groups is 4. The van der Waals surface area contributed by atoms with E-state index in [1.165, 1.54) is 20.9 Å². The number of hydrogen-bond acceptors (Lipinski definition) is 4. The fraction of sp³-hybridized carbons (Fsp3) is 0.462. The molecule has 6 nitrogen and oxygen atoms in total. The van der Waals surface area contributed by atoms with Crippen molar-refractivity contribution < 1.29 is 19.2 Å². The number of hydrogen-bond donors (Lipinski definition) is 0. The number of benzene rings is 1. The number of amides is 4. The van der Waals surface area contributed by atoms with Crippen LogP contribution in [0.15, 0.2) is 47.6 Å². The molecular weight excluding hydrogens is 404 g/mol. The smallest absolute Gasteiger partial charge is 0.238 e. The molecule has 2 aliphatic heterocycles. The Morgan fingerprint density at radius 1 is 0.656 bits per heavy atom. The van der Waals surface area contributed by atoms with Crippen molar-refractivity contribution in [2.45, 2.75) is 26.7 Å². The lowest BCUT2D eigenvalue weighted by Crippen LogP contribution is -2.35. The maximum atomic E-state index is 13.3. The van der Waals surface area contributed by atoms with Gasteiger partial charge in [0, 0.05) is 0 Å². The van der Waals surface area contributed by atoms with E-state index in [2.05, 4.69) is 12.2 Å². The molecule has 0 aromatic heterocycles. The van der Waals surface area contributed by atoms with Crippen molar-refractivity contribution >= 4 is 35.0 Å². The number of imide groups is 2. The maximum absolute atomic E-state index is 13.3. The Bertz CT molecular complexity index is 1120. The Morgan fingerprint density at radius 3 is 1.50 bits per heavy atom. The Labute approximate surface area is 185 Å². The summed E-state index contributed by atoms with van der Waals surface area (Å²) in [5.74, 6) is -1.12. The van der Waals surface area contributed by atoms with Gasteiger partial charge >= 0.3 is 0 Å². The van der Waals surface area contributed by atoms with Crippen molar-refractivity contribution in [2.75, 3.05) is 9.80 Å². The minimum Gasteiger partial charge on any atom is -0.274 e. The van der Waals surface area contributed by atoms with Gasteiger partial charge in [0.05, 0.1) is 35.0 Å². The first-order valence-corrected chi connectivity index (χ1v) is 11.6. The van der Waals surface area contributed by atoms with Gasteiger partial charge in [-0.3, -0.25) is 19.2 Å². The highest BCUT2D eigenvalue weighted by Gasteiger charge is 2.62. The number of nitrogens with zero attached hydrogens (tertiary/aromatic N) is 2. The van der Waals surface area contributed by atoms with E-state index in [9.17, 15) is 19.2 Å². The first-order chi connectivity index (χ1) is 15.4. The molecule has 0 spiro atoms. The number of fused-ring (bicyclic) bond motifs is 10. The molecule has 162 valence electrons. The van der Waals surface area contributed by atoms with Gasteiger partial charge in [0.1, 0.15) is 0 Å². The Morgan fingerprint density at radius 2 is 1.06 bits per heavy atom. The van der Waals surface area contributed by atoms with E-state index < -0.39 is 0 Å². The summed E-state index contributed by atoms with van der Waals surface area (Å²) in [6, 6.07) is 6.84. The molecule has 1 aromatic rings. The van der Waals surface area contributed by atoms with Gasteiger partial charge in [0.15, 0.2) is 0 Å². The second-order valence-electron chi connectivity index (χ2n) is 10.5. The molecule has 8 atom stereocenters. The normalized spacial score (nSPS) is 41.1. The summed E-state index contributed by atoms with van der Waals surface area (Å²) in [5.41, 5.74) is 3.34. The highest BCUT2D eigenvalue weighted by atomic mass is 16.2. The molecule has 4 amide bonds. The van der Waals surface area contributed by atoms with Crippen LogP contribution in [0.1, 0.15) is 26.7 Å². The first-order valence-electron chi connectivity index (χ1n) is 11.6. The monoisotopic (exact) mass is 428 g/mol. The highest BCUT2D eigenvalue weighted by molar-refractivity contribution is 6.25. The van der Waals surface area contributed by atoms with Crippen molar-refractivity contribution in [3.05, 3.63) is 47.6 Å². The molecule has 32 heavy (non-hydrogen) atoms. The van der Waals surface area contributed by atoms with Gasteiger partial charge in [-0.1, -0.05) is 29.4 Å². The first kappa shape index (κ1) is 18.5. The molecule has 2 saturated carbocycles. The van der Waals surface area contributed by atoms with E-state index in [1.54, 1.807) is 24.3 Å². The van der Waals surface area contributed by atoms with Gasteiger partial charge in [-0.05, 0) is 68.6 Å². The van der Waals surface area contributed by atoms with E-state index >= 15 is 0 Å². The fourth-order valence-electron chi connectivity index (χ4n) is 7.83. The molecular formula is C26H24N2O4. The molecule has 4 fully saturated rings. The topological polar surface area (TPSA) is 74.8 Å². The molecule has 0 unspecified atom stereocenters. The number of anilines is 2. The zero-order valence-corrected chi connectivity index (χ0v) is 18.0. The van der Waals surface area contributed by atoms with E-state index in [4.69, 9.17) is 0 Å². The van der Waals surface area contributed by atoms with Gasteiger partial charge in [0.2, 0.25) is 23.6 Å². The van der Waals surface area contributed by atoms with Crippen LogP contribution in [-0.4, -0.2) is 23.6 Å². The third-order valence-corrected chi connectivity index (χ3v) is 9.11. The van der Waals surface area contributed by atoms with Crippen LogP contribution >= 0.6 is 0 Å². The van der Waals surface area contributed by atoms with Crippen LogP contribution < -0.4 is 9.80 Å². The molecule has 2 heterocycles. The van der Waals surface area contributed by atoms with Crippen LogP contribution in [-0.2, 0) is 19.2 Å². The van der Waals surface area contributed by atoms with Crippen molar-refractivity contribution in [1.29, 1.82) is 0 Å². The second kappa shape index (κ2) is 5.85. The lowest BCUT2D eigenvalue weighted by Gasteiger charge is -2.22. The predicted molar refractivity (Wildman–Crippen MR) is 116 cm³/mol. The van der Waals surface area contributed by atoms with Crippen LogP contribution in [0.25, 0.3) is 0 Å². The minimum absolute atomic E-state index is 0.141. The highest BCUT2D eigenvalue weighted by Crippen LogP contribution is 2.57.